The SMILES string of the molecule is CC(=O)c1cc(C#N)c(SC(C)C(=O)NCCc2ccccc2)nc1C. The number of hydrogen-bond donors (Lipinski definition) is 1. The molecular weight excluding hydrogens is 346 g/mol. The maximum absolute atomic E-state index is 12.3. The predicted molar refractivity (Wildman–Crippen MR) is 102 cm³/mol. The van der Waals surface area contributed by atoms with Crippen LogP contribution in [0.4, 0.5) is 0 Å². The Morgan fingerprint density at radius 2 is 2.00 bits per heavy atom. The van der Waals surface area contributed by atoms with Crippen LogP contribution in [0.2, 0.25) is 0 Å². The van der Waals surface area contributed by atoms with E-state index in [1.165, 1.54) is 18.7 Å². The zero-order valence-corrected chi connectivity index (χ0v) is 15.9. The number of nitrogens with zero attached hydrogens (tertiary/aromatic N) is 2. The van der Waals surface area contributed by atoms with Gasteiger partial charge in [-0.25, -0.2) is 4.98 Å². The predicted octanol–water partition coefficient (Wildman–Crippen LogP) is 3.30. The van der Waals surface area contributed by atoms with Gasteiger partial charge in [-0.1, -0.05) is 42.1 Å². The quantitative estimate of drug-likeness (QED) is 0.600. The number of amides is 1. The number of thioether (sulfide) groups is 1. The third-order valence-corrected chi connectivity index (χ3v) is 4.99. The summed E-state index contributed by atoms with van der Waals surface area (Å²) in [4.78, 5) is 28.2. The van der Waals surface area contributed by atoms with Crippen LogP contribution in [0.15, 0.2) is 41.4 Å². The second kappa shape index (κ2) is 9.16. The van der Waals surface area contributed by atoms with Gasteiger partial charge in [0.25, 0.3) is 0 Å². The van der Waals surface area contributed by atoms with Gasteiger partial charge in [-0.3, -0.25) is 9.59 Å². The van der Waals surface area contributed by atoms with Gasteiger partial charge < -0.3 is 5.32 Å². The third-order valence-electron chi connectivity index (χ3n) is 3.89. The number of ketones is 1. The highest BCUT2D eigenvalue weighted by atomic mass is 32.2. The van der Waals surface area contributed by atoms with Crippen LogP contribution in [-0.2, 0) is 11.2 Å². The molecule has 1 aromatic heterocycles. The van der Waals surface area contributed by atoms with E-state index in [-0.39, 0.29) is 11.7 Å². The Kier molecular flexibility index (Phi) is 6.93. The smallest absolute Gasteiger partial charge is 0.233 e. The fourth-order valence-corrected chi connectivity index (χ4v) is 3.40. The molecule has 0 saturated heterocycles. The zero-order valence-electron chi connectivity index (χ0n) is 15.1. The van der Waals surface area contributed by atoms with E-state index in [0.717, 1.165) is 12.0 Å². The Labute approximate surface area is 157 Å². The van der Waals surface area contributed by atoms with E-state index in [0.29, 0.717) is 28.4 Å². The van der Waals surface area contributed by atoms with E-state index in [9.17, 15) is 14.9 Å². The van der Waals surface area contributed by atoms with Gasteiger partial charge in [-0.2, -0.15) is 5.26 Å². The second-order valence-corrected chi connectivity index (χ2v) is 7.26. The Morgan fingerprint density at radius 1 is 1.31 bits per heavy atom. The van der Waals surface area contributed by atoms with Gasteiger partial charge in [0.05, 0.1) is 10.8 Å². The maximum Gasteiger partial charge on any atom is 0.233 e. The van der Waals surface area contributed by atoms with Crippen molar-refractivity contribution in [1.82, 2.24) is 10.3 Å². The topological polar surface area (TPSA) is 82.8 Å². The van der Waals surface area contributed by atoms with Crippen LogP contribution in [0.3, 0.4) is 0 Å². The van der Waals surface area contributed by atoms with Crippen LogP contribution < -0.4 is 5.32 Å². The van der Waals surface area contributed by atoms with E-state index < -0.39 is 5.25 Å². The van der Waals surface area contributed by atoms with Crippen LogP contribution in [0.1, 0.15) is 41.0 Å². The lowest BCUT2D eigenvalue weighted by molar-refractivity contribution is -0.120. The normalized spacial score (nSPS) is 11.5. The van der Waals surface area contributed by atoms with Crippen molar-refractivity contribution in [3.63, 3.8) is 0 Å². The van der Waals surface area contributed by atoms with Crippen molar-refractivity contribution >= 4 is 23.5 Å². The minimum atomic E-state index is -0.395. The molecular formula is C20H21N3O2S. The monoisotopic (exact) mass is 367 g/mol. The van der Waals surface area contributed by atoms with Crippen molar-refractivity contribution in [3.05, 3.63) is 58.8 Å². The first-order valence-corrected chi connectivity index (χ1v) is 9.21. The molecule has 1 unspecified atom stereocenters. The lowest BCUT2D eigenvalue weighted by atomic mass is 10.1. The van der Waals surface area contributed by atoms with Crippen molar-refractivity contribution in [2.75, 3.05) is 6.54 Å². The van der Waals surface area contributed by atoms with E-state index in [1.54, 1.807) is 19.9 Å². The number of carbonyl (C=O) groups excluding carboxylic acids is 2. The molecule has 0 saturated carbocycles. The first-order valence-electron chi connectivity index (χ1n) is 8.33. The second-order valence-electron chi connectivity index (χ2n) is 5.93. The highest BCUT2D eigenvalue weighted by Gasteiger charge is 2.19. The molecule has 2 rings (SSSR count). The Balaban J connectivity index is 1.99. The number of rotatable bonds is 7. The molecule has 0 bridgehead atoms. The van der Waals surface area contributed by atoms with E-state index in [2.05, 4.69) is 16.4 Å². The minimum Gasteiger partial charge on any atom is -0.355 e. The molecule has 0 radical (unpaired) electrons. The number of carbonyl (C=O) groups is 2. The number of aromatic nitrogens is 1. The van der Waals surface area contributed by atoms with Crippen LogP contribution in [-0.4, -0.2) is 28.5 Å². The van der Waals surface area contributed by atoms with E-state index in [4.69, 9.17) is 0 Å². The molecule has 0 spiro atoms. The highest BCUT2D eigenvalue weighted by Crippen LogP contribution is 2.26. The van der Waals surface area contributed by atoms with Gasteiger partial charge in [-0.05, 0) is 38.8 Å². The molecule has 1 heterocycles. The molecule has 1 amide bonds. The van der Waals surface area contributed by atoms with Crippen molar-refractivity contribution in [1.29, 1.82) is 5.26 Å². The van der Waals surface area contributed by atoms with Gasteiger partial charge in [0.2, 0.25) is 5.91 Å². The summed E-state index contributed by atoms with van der Waals surface area (Å²) in [6.45, 7) is 5.50. The van der Waals surface area contributed by atoms with Crippen LogP contribution >= 0.6 is 11.8 Å². The summed E-state index contributed by atoms with van der Waals surface area (Å²) in [5, 5.41) is 12.3. The third kappa shape index (κ3) is 5.17. The summed E-state index contributed by atoms with van der Waals surface area (Å²) >= 11 is 1.23. The summed E-state index contributed by atoms with van der Waals surface area (Å²) in [6, 6.07) is 13.5. The van der Waals surface area contributed by atoms with Crippen LogP contribution in [0.25, 0.3) is 0 Å². The lowest BCUT2D eigenvalue weighted by Gasteiger charge is -2.13. The van der Waals surface area contributed by atoms with Gasteiger partial charge in [0.1, 0.15) is 11.1 Å². The first kappa shape index (κ1) is 19.7. The van der Waals surface area contributed by atoms with Crippen molar-refractivity contribution < 1.29 is 9.59 Å². The van der Waals surface area contributed by atoms with Gasteiger partial charge in [0.15, 0.2) is 5.78 Å². The Morgan fingerprint density at radius 3 is 2.62 bits per heavy atom. The zero-order chi connectivity index (χ0) is 19.1. The molecule has 6 heteroatoms. The van der Waals surface area contributed by atoms with Crippen LogP contribution in [0, 0.1) is 18.3 Å². The van der Waals surface area contributed by atoms with E-state index in [1.807, 2.05) is 30.3 Å². The number of hydrogen-bond acceptors (Lipinski definition) is 5. The summed E-state index contributed by atoms with van der Waals surface area (Å²) < 4.78 is 0. The molecule has 26 heavy (non-hydrogen) atoms. The maximum atomic E-state index is 12.3. The average molecular weight is 367 g/mol. The summed E-state index contributed by atoms with van der Waals surface area (Å²) in [5.74, 6) is -0.236. The van der Waals surface area contributed by atoms with Crippen molar-refractivity contribution in [2.24, 2.45) is 0 Å². The molecule has 1 atom stereocenters. The fourth-order valence-electron chi connectivity index (χ4n) is 2.45. The number of pyridine rings is 1. The Hall–Kier alpha value is -2.65. The molecule has 2 aromatic rings. The highest BCUT2D eigenvalue weighted by molar-refractivity contribution is 8.00. The van der Waals surface area contributed by atoms with E-state index >= 15 is 0 Å². The number of aryl methyl sites for hydroxylation is 1. The number of Topliss-reactive ketones (excluding diaryl/α,β-unsaturated/α-hetero) is 1. The molecule has 134 valence electrons. The summed E-state index contributed by atoms with van der Waals surface area (Å²) in [6.07, 6.45) is 0.762. The number of nitrogens with one attached hydrogen (secondary N) is 1. The minimum absolute atomic E-state index is 0.107. The molecule has 0 aliphatic rings. The first-order chi connectivity index (χ1) is 12.4. The number of benzene rings is 1. The van der Waals surface area contributed by atoms with Gasteiger partial charge in [-0.15, -0.1) is 0 Å². The molecule has 0 fully saturated rings. The fraction of sp³-hybridized carbons (Fsp3) is 0.300. The largest absolute Gasteiger partial charge is 0.355 e. The molecule has 1 aromatic carbocycles. The average Bonchev–Trinajstić information content (AvgIpc) is 2.62. The molecule has 0 aliphatic heterocycles. The lowest BCUT2D eigenvalue weighted by Crippen LogP contribution is -2.32. The number of nitriles is 1. The van der Waals surface area contributed by atoms with Crippen molar-refractivity contribution in [2.45, 2.75) is 37.5 Å². The molecule has 1 N–H and O–H groups in total. The van der Waals surface area contributed by atoms with Gasteiger partial charge in [0, 0.05) is 17.8 Å². The molecule has 5 nitrogen and oxygen atoms in total. The Bertz CT molecular complexity index is 844. The summed E-state index contributed by atoms with van der Waals surface area (Å²) in [5.41, 5.74) is 2.48. The molecule has 0 aliphatic carbocycles. The van der Waals surface area contributed by atoms with Gasteiger partial charge >= 0.3 is 0 Å². The van der Waals surface area contributed by atoms with Crippen molar-refractivity contribution in [3.8, 4) is 6.07 Å². The summed E-state index contributed by atoms with van der Waals surface area (Å²) in [7, 11) is 0. The van der Waals surface area contributed by atoms with Crippen LogP contribution in [0.5, 0.6) is 0 Å². The standard InChI is InChI=1S/C20H21N3O2S/c1-13-18(14(2)24)11-17(12-21)20(23-13)26-15(3)19(25)22-10-9-16-7-5-4-6-8-16/h4-8,11,15H,9-10H2,1-3H3,(H,22,25).